The number of nitrogens with one attached hydrogen (secondary N) is 2. The molecule has 5 rings (SSSR count). The van der Waals surface area contributed by atoms with E-state index in [1.165, 1.54) is 28.9 Å². The van der Waals surface area contributed by atoms with Gasteiger partial charge in [0.15, 0.2) is 5.75 Å². The van der Waals surface area contributed by atoms with Gasteiger partial charge in [-0.25, -0.2) is 17.2 Å². The number of carbonyl (C=O) groups excluding carboxylic acids is 2. The molecule has 2 amide bonds. The molecule has 1 heterocycles. The van der Waals surface area contributed by atoms with Gasteiger partial charge >= 0.3 is 6.09 Å². The van der Waals surface area contributed by atoms with E-state index in [2.05, 4.69) is 15.3 Å². The SMILES string of the molecule is CCOC(=O)NC(=O)C(C#N)=NNc1cc(Cl)c(Oc2ccc3c(ccn3S(=O)(=O)C3(C)C=CC=C(CC4CC4)C3)c2)c(Cl)c1. The molecule has 2 aromatic carbocycles. The number of amides is 2. The molecule has 2 aliphatic carbocycles. The van der Waals surface area contributed by atoms with E-state index < -0.39 is 32.5 Å². The largest absolute Gasteiger partial charge is 0.454 e. The van der Waals surface area contributed by atoms with Crippen LogP contribution in [-0.4, -0.2) is 41.5 Å². The van der Waals surface area contributed by atoms with Crippen molar-refractivity contribution >= 4 is 67.5 Å². The third kappa shape index (κ3) is 7.01. The van der Waals surface area contributed by atoms with Crippen molar-refractivity contribution in [3.8, 4) is 17.6 Å². The molecule has 0 radical (unpaired) electrons. The number of fused-ring (bicyclic) bond motifs is 1. The summed E-state index contributed by atoms with van der Waals surface area (Å²) in [6.07, 6.45) is 9.97. The van der Waals surface area contributed by atoms with E-state index >= 15 is 0 Å². The van der Waals surface area contributed by atoms with E-state index in [-0.39, 0.29) is 28.1 Å². The van der Waals surface area contributed by atoms with Gasteiger partial charge in [-0.3, -0.25) is 15.5 Å². The minimum Gasteiger partial charge on any atom is -0.454 e. The molecule has 1 fully saturated rings. The Labute approximate surface area is 270 Å². The maximum Gasteiger partial charge on any atom is 0.414 e. The molecule has 1 saturated carbocycles. The predicted molar refractivity (Wildman–Crippen MR) is 172 cm³/mol. The number of rotatable bonds is 10. The van der Waals surface area contributed by atoms with Crippen LogP contribution >= 0.6 is 23.2 Å². The van der Waals surface area contributed by atoms with Crippen molar-refractivity contribution in [2.24, 2.45) is 11.0 Å². The van der Waals surface area contributed by atoms with Crippen LogP contribution in [0.25, 0.3) is 10.9 Å². The van der Waals surface area contributed by atoms with Crippen molar-refractivity contribution in [3.05, 3.63) is 76.4 Å². The number of nitrogens with zero attached hydrogens (tertiary/aromatic N) is 3. The Morgan fingerprint density at radius 1 is 1.18 bits per heavy atom. The number of hydrogen-bond donors (Lipinski definition) is 2. The minimum absolute atomic E-state index is 0.0423. The smallest absolute Gasteiger partial charge is 0.414 e. The van der Waals surface area contributed by atoms with Gasteiger partial charge in [-0.1, -0.05) is 47.0 Å². The number of ether oxygens (including phenoxy) is 2. The second-order valence-corrected chi connectivity index (χ2v) is 14.0. The second-order valence-electron chi connectivity index (χ2n) is 10.9. The Balaban J connectivity index is 1.31. The van der Waals surface area contributed by atoms with Crippen LogP contribution in [0, 0.1) is 17.2 Å². The summed E-state index contributed by atoms with van der Waals surface area (Å²) in [5.74, 6) is 0.0880. The fraction of sp³-hybridized carbons (Fsp3) is 0.290. The number of hydrogen-bond acceptors (Lipinski definition) is 9. The molecule has 3 aromatic rings. The molecule has 45 heavy (non-hydrogen) atoms. The summed E-state index contributed by atoms with van der Waals surface area (Å²) in [5.41, 5.74) is 3.75. The van der Waals surface area contributed by atoms with Crippen molar-refractivity contribution in [3.63, 3.8) is 0 Å². The maximum atomic E-state index is 13.9. The van der Waals surface area contributed by atoms with Crippen molar-refractivity contribution in [2.75, 3.05) is 12.0 Å². The quantitative estimate of drug-likeness (QED) is 0.174. The summed E-state index contributed by atoms with van der Waals surface area (Å²) in [6, 6.07) is 11.1. The molecule has 2 aliphatic rings. The molecule has 0 aliphatic heterocycles. The number of imide groups is 1. The van der Waals surface area contributed by atoms with Crippen molar-refractivity contribution in [2.45, 2.75) is 44.3 Å². The zero-order chi connectivity index (χ0) is 32.4. The highest BCUT2D eigenvalue weighted by Crippen LogP contribution is 2.42. The van der Waals surface area contributed by atoms with Crippen molar-refractivity contribution < 1.29 is 27.5 Å². The fourth-order valence-electron chi connectivity index (χ4n) is 4.97. The number of allylic oxidation sites excluding steroid dienone is 3. The number of hydrazone groups is 1. The molecule has 11 nitrogen and oxygen atoms in total. The lowest BCUT2D eigenvalue weighted by Crippen LogP contribution is -2.38. The van der Waals surface area contributed by atoms with Gasteiger partial charge in [0.05, 0.1) is 27.9 Å². The Hall–Kier alpha value is -4.31. The number of alkyl carbamates (subject to hydrolysis) is 1. The first-order chi connectivity index (χ1) is 21.4. The topological polar surface area (TPSA) is 152 Å². The van der Waals surface area contributed by atoms with Crippen LogP contribution in [0.1, 0.15) is 39.5 Å². The Morgan fingerprint density at radius 2 is 1.91 bits per heavy atom. The van der Waals surface area contributed by atoms with Gasteiger partial charge in [0.25, 0.3) is 5.91 Å². The number of anilines is 1. The molecule has 2 N–H and O–H groups in total. The van der Waals surface area contributed by atoms with Crippen LogP contribution in [0.2, 0.25) is 10.0 Å². The summed E-state index contributed by atoms with van der Waals surface area (Å²) in [4.78, 5) is 23.5. The van der Waals surface area contributed by atoms with E-state index in [1.807, 2.05) is 17.5 Å². The van der Waals surface area contributed by atoms with Gasteiger partial charge < -0.3 is 9.47 Å². The first kappa shape index (κ1) is 32.1. The molecular formula is C31H29Cl2N5O6S. The lowest BCUT2D eigenvalue weighted by atomic mass is 9.92. The van der Waals surface area contributed by atoms with Gasteiger partial charge in [0, 0.05) is 11.6 Å². The van der Waals surface area contributed by atoms with Gasteiger partial charge in [-0.05, 0) is 81.8 Å². The van der Waals surface area contributed by atoms with Crippen LogP contribution < -0.4 is 15.5 Å². The minimum atomic E-state index is -3.79. The normalized spacial score (nSPS) is 18.2. The van der Waals surface area contributed by atoms with E-state index in [4.69, 9.17) is 27.9 Å². The molecule has 14 heteroatoms. The fourth-order valence-corrected chi connectivity index (χ4v) is 7.24. The highest BCUT2D eigenvalue weighted by Gasteiger charge is 2.41. The lowest BCUT2D eigenvalue weighted by Gasteiger charge is -2.30. The Bertz CT molecular complexity index is 1900. The second kappa shape index (κ2) is 13.0. The van der Waals surface area contributed by atoms with E-state index in [9.17, 15) is 23.3 Å². The number of halogens is 2. The van der Waals surface area contributed by atoms with Gasteiger partial charge in [-0.2, -0.15) is 10.4 Å². The van der Waals surface area contributed by atoms with E-state index in [0.717, 1.165) is 12.0 Å². The van der Waals surface area contributed by atoms with Gasteiger partial charge in [0.1, 0.15) is 16.6 Å². The summed E-state index contributed by atoms with van der Waals surface area (Å²) in [7, 11) is -3.79. The van der Waals surface area contributed by atoms with Gasteiger partial charge in [-0.15, -0.1) is 0 Å². The molecule has 0 bridgehead atoms. The van der Waals surface area contributed by atoms with Crippen LogP contribution in [0.5, 0.6) is 11.5 Å². The number of carbonyl (C=O) groups is 2. The van der Waals surface area contributed by atoms with Crippen LogP contribution in [0.15, 0.2) is 71.5 Å². The van der Waals surface area contributed by atoms with E-state index in [0.29, 0.717) is 29.0 Å². The summed E-state index contributed by atoms with van der Waals surface area (Å²) < 4.78 is 38.6. The summed E-state index contributed by atoms with van der Waals surface area (Å²) in [6.45, 7) is 3.36. The predicted octanol–water partition coefficient (Wildman–Crippen LogP) is 6.93. The van der Waals surface area contributed by atoms with E-state index in [1.54, 1.807) is 56.5 Å². The number of aromatic nitrogens is 1. The monoisotopic (exact) mass is 669 g/mol. The zero-order valence-corrected chi connectivity index (χ0v) is 26.7. The standard InChI is InChI=1S/C31H29Cl2N5O6S/c1-3-43-30(40)35-29(39)26(18-34)37-36-22-15-24(32)28(25(33)16-22)44-23-8-9-27-21(14-23)10-12-38(27)45(41,42)31(2)11-4-5-20(17-31)13-19-6-7-19/h4-5,8-12,14-16,19,36H,3,6-7,13,17H2,1-2H3,(H,35,39,40). The van der Waals surface area contributed by atoms with Crippen molar-refractivity contribution in [1.82, 2.24) is 9.29 Å². The lowest BCUT2D eigenvalue weighted by molar-refractivity contribution is -0.114. The molecule has 1 atom stereocenters. The van der Waals surface area contributed by atoms with Crippen LogP contribution in [0.3, 0.4) is 0 Å². The molecule has 0 saturated heterocycles. The third-order valence-corrected chi connectivity index (χ3v) is 10.3. The van der Waals surface area contributed by atoms with Crippen molar-refractivity contribution in [1.29, 1.82) is 5.26 Å². The average molecular weight is 671 g/mol. The molecule has 234 valence electrons. The first-order valence-corrected chi connectivity index (χ1v) is 16.3. The number of nitriles is 1. The molecular weight excluding hydrogens is 641 g/mol. The van der Waals surface area contributed by atoms with Crippen LogP contribution in [-0.2, 0) is 19.6 Å². The van der Waals surface area contributed by atoms with Gasteiger partial charge in [0.2, 0.25) is 15.7 Å². The average Bonchev–Trinajstić information content (AvgIpc) is 3.69. The Morgan fingerprint density at radius 3 is 2.58 bits per heavy atom. The molecule has 0 spiro atoms. The third-order valence-electron chi connectivity index (χ3n) is 7.41. The highest BCUT2D eigenvalue weighted by molar-refractivity contribution is 7.91. The summed E-state index contributed by atoms with van der Waals surface area (Å²) >= 11 is 12.9. The molecule has 1 unspecified atom stereocenters. The zero-order valence-electron chi connectivity index (χ0n) is 24.3. The maximum absolute atomic E-state index is 13.9. The molecule has 1 aromatic heterocycles. The van der Waals surface area contributed by atoms with Crippen LogP contribution in [0.4, 0.5) is 10.5 Å². The first-order valence-electron chi connectivity index (χ1n) is 14.1. The Kier molecular flexibility index (Phi) is 9.25. The summed E-state index contributed by atoms with van der Waals surface area (Å²) in [5, 5.41) is 15.6. The number of benzene rings is 2. The highest BCUT2D eigenvalue weighted by atomic mass is 35.5.